The number of methoxy groups -OCH3 is 2. The van der Waals surface area contributed by atoms with Gasteiger partial charge in [0.1, 0.15) is 17.2 Å². The molecule has 1 saturated carbocycles. The van der Waals surface area contributed by atoms with Crippen molar-refractivity contribution in [3.8, 4) is 17.2 Å². The van der Waals surface area contributed by atoms with Crippen LogP contribution in [0.15, 0.2) is 103 Å². The molecule has 8 rings (SSSR count). The number of carboxylic acid groups (broad SMARTS) is 1. The number of benzene rings is 4. The number of carboxylic acids is 1. The van der Waals surface area contributed by atoms with Gasteiger partial charge < -0.3 is 19.7 Å². The van der Waals surface area contributed by atoms with Crippen LogP contribution in [0.2, 0.25) is 0 Å². The number of fused-ring (bicyclic) bond motifs is 4. The molecule has 4 aromatic rings. The highest BCUT2D eigenvalue weighted by Crippen LogP contribution is 2.66. The highest BCUT2D eigenvalue weighted by atomic mass is 16.5. The number of amides is 4. The molecule has 3 N–H and O–H groups in total. The van der Waals surface area contributed by atoms with E-state index >= 15 is 4.79 Å². The van der Waals surface area contributed by atoms with Gasteiger partial charge in [-0.05, 0) is 61.6 Å². The number of aromatic carboxylic acids is 1. The highest BCUT2D eigenvalue weighted by molar-refractivity contribution is 6.23. The Morgan fingerprint density at radius 2 is 1.52 bits per heavy atom. The van der Waals surface area contributed by atoms with Gasteiger partial charge in [-0.15, -0.1) is 0 Å². The maximum absolute atomic E-state index is 15.4. The summed E-state index contributed by atoms with van der Waals surface area (Å²) < 4.78 is 11.8. The number of anilines is 2. The van der Waals surface area contributed by atoms with Crippen LogP contribution in [0.1, 0.15) is 45.8 Å². The lowest BCUT2D eigenvalue weighted by atomic mass is 9.49. The Labute approximate surface area is 310 Å². The lowest BCUT2D eigenvalue weighted by Crippen LogP contribution is -2.53. The molecular formula is C42H37N3O9. The predicted molar refractivity (Wildman–Crippen MR) is 196 cm³/mol. The normalized spacial score (nSPS) is 25.8. The number of carbonyl (C=O) groups is 5. The Bertz CT molecular complexity index is 2250. The van der Waals surface area contributed by atoms with E-state index in [-0.39, 0.29) is 41.3 Å². The van der Waals surface area contributed by atoms with Gasteiger partial charge in [0.15, 0.2) is 0 Å². The number of nitrogens with one attached hydrogen (secondary N) is 1. The van der Waals surface area contributed by atoms with E-state index in [1.165, 1.54) is 50.6 Å². The standard InChI is InChI=1S/C42H37N3O9/c1-22-12-14-25(15-13-22)43-45-38(48)31-21-30-28(16-17-29-34(30)39(49)44(37(29)47)26-11-7-8-23(18-26)40(50)51)36(35-32(53-2)19-27(46)20-33(35)54-3)42(31,41(45)52)24-9-5-4-6-10-24/h4-16,18-20,29-31,34,36,43,46H,17,21H2,1-3H3,(H,50,51)/t29-,30+,31-,34-,36+,42+/m0/s1. The van der Waals surface area contributed by atoms with Gasteiger partial charge in [-0.2, -0.15) is 5.01 Å². The lowest BCUT2D eigenvalue weighted by molar-refractivity contribution is -0.138. The molecule has 0 aromatic heterocycles. The van der Waals surface area contributed by atoms with E-state index in [0.717, 1.165) is 15.5 Å². The molecule has 274 valence electrons. The number of hydrazine groups is 1. The number of aromatic hydroxyl groups is 1. The van der Waals surface area contributed by atoms with E-state index in [2.05, 4.69) is 5.43 Å². The molecule has 2 saturated heterocycles. The Morgan fingerprint density at radius 1 is 0.833 bits per heavy atom. The Hall–Kier alpha value is -6.43. The zero-order valence-electron chi connectivity index (χ0n) is 29.7. The van der Waals surface area contributed by atoms with Gasteiger partial charge in [-0.25, -0.2) is 4.79 Å². The Balaban J connectivity index is 1.35. The van der Waals surface area contributed by atoms with E-state index in [1.54, 1.807) is 24.3 Å². The molecule has 0 bridgehead atoms. The van der Waals surface area contributed by atoms with Crippen molar-refractivity contribution >= 4 is 41.0 Å². The maximum atomic E-state index is 15.4. The van der Waals surface area contributed by atoms with Crippen molar-refractivity contribution < 1.29 is 43.7 Å². The fourth-order valence-corrected chi connectivity index (χ4v) is 9.30. The van der Waals surface area contributed by atoms with Gasteiger partial charge in [0.05, 0.1) is 54.3 Å². The third kappa shape index (κ3) is 5.00. The quantitative estimate of drug-likeness (QED) is 0.154. The van der Waals surface area contributed by atoms with E-state index < -0.39 is 64.6 Å². The van der Waals surface area contributed by atoms with Crippen LogP contribution < -0.4 is 19.8 Å². The van der Waals surface area contributed by atoms with Crippen LogP contribution in [0.25, 0.3) is 0 Å². The van der Waals surface area contributed by atoms with Crippen LogP contribution in [0.3, 0.4) is 0 Å². The van der Waals surface area contributed by atoms with Gasteiger partial charge in [0.2, 0.25) is 11.8 Å². The Morgan fingerprint density at radius 3 is 2.17 bits per heavy atom. The summed E-state index contributed by atoms with van der Waals surface area (Å²) in [4.78, 5) is 72.0. The maximum Gasteiger partial charge on any atom is 0.335 e. The molecule has 3 fully saturated rings. The number of phenolic OH excluding ortho intramolecular Hbond substituents is 1. The summed E-state index contributed by atoms with van der Waals surface area (Å²) in [6.07, 6.45) is 2.11. The van der Waals surface area contributed by atoms with Gasteiger partial charge in [-0.3, -0.25) is 29.5 Å². The molecular weight excluding hydrogens is 690 g/mol. The fourth-order valence-electron chi connectivity index (χ4n) is 9.30. The molecule has 12 nitrogen and oxygen atoms in total. The summed E-state index contributed by atoms with van der Waals surface area (Å²) >= 11 is 0. The van der Waals surface area contributed by atoms with Crippen LogP contribution in [0, 0.1) is 30.6 Å². The molecule has 4 aromatic carbocycles. The number of rotatable bonds is 8. The SMILES string of the molecule is COc1cc(O)cc(OC)c1[C@H]1C2=CC[C@@H]3C(=O)N(c4cccc(C(=O)O)c4)C(=O)[C@@H]3[C@@H]2C[C@H]2C(=O)N(Nc3ccc(C)cc3)C(=O)[C@@]12c1ccccc1. The van der Waals surface area contributed by atoms with E-state index in [1.807, 2.05) is 43.3 Å². The average molecular weight is 728 g/mol. The van der Waals surface area contributed by atoms with E-state index in [4.69, 9.17) is 9.47 Å². The van der Waals surface area contributed by atoms with E-state index in [0.29, 0.717) is 22.4 Å². The third-order valence-electron chi connectivity index (χ3n) is 11.6. The zero-order chi connectivity index (χ0) is 38.1. The minimum absolute atomic E-state index is 0.0553. The number of aryl methyl sites for hydroxylation is 1. The molecule has 6 atom stereocenters. The molecule has 0 unspecified atom stereocenters. The average Bonchev–Trinajstić information content (AvgIpc) is 3.56. The number of phenols is 1. The summed E-state index contributed by atoms with van der Waals surface area (Å²) in [5.74, 6) is -7.33. The van der Waals surface area contributed by atoms with Crippen molar-refractivity contribution in [2.75, 3.05) is 24.5 Å². The van der Waals surface area contributed by atoms with Crippen molar-refractivity contribution in [3.05, 3.63) is 125 Å². The molecule has 0 radical (unpaired) electrons. The summed E-state index contributed by atoms with van der Waals surface area (Å²) in [5.41, 5.74) is 4.70. The first-order valence-electron chi connectivity index (χ1n) is 17.6. The van der Waals surface area contributed by atoms with Crippen molar-refractivity contribution in [2.45, 2.75) is 31.1 Å². The second kappa shape index (κ2) is 12.9. The second-order valence-electron chi connectivity index (χ2n) is 14.2. The number of allylic oxidation sites excluding steroid dienone is 2. The Kier molecular flexibility index (Phi) is 8.28. The largest absolute Gasteiger partial charge is 0.508 e. The van der Waals surface area contributed by atoms with Crippen LogP contribution in [0.4, 0.5) is 11.4 Å². The van der Waals surface area contributed by atoms with Gasteiger partial charge in [-0.1, -0.05) is 65.7 Å². The number of ether oxygens (including phenoxy) is 2. The van der Waals surface area contributed by atoms with E-state index in [9.17, 15) is 29.4 Å². The molecule has 4 aliphatic rings. The van der Waals surface area contributed by atoms with Crippen molar-refractivity contribution in [2.24, 2.45) is 23.7 Å². The monoisotopic (exact) mass is 727 g/mol. The highest BCUT2D eigenvalue weighted by Gasteiger charge is 2.71. The first kappa shape index (κ1) is 34.6. The van der Waals surface area contributed by atoms with Crippen LogP contribution >= 0.6 is 0 Å². The molecule has 12 heteroatoms. The third-order valence-corrected chi connectivity index (χ3v) is 11.6. The van der Waals surface area contributed by atoms with Crippen molar-refractivity contribution in [1.82, 2.24) is 5.01 Å². The molecule has 4 amide bonds. The van der Waals surface area contributed by atoms with Gasteiger partial charge in [0, 0.05) is 23.6 Å². The van der Waals surface area contributed by atoms with Crippen molar-refractivity contribution in [1.29, 1.82) is 0 Å². The number of imide groups is 2. The minimum Gasteiger partial charge on any atom is -0.508 e. The second-order valence-corrected chi connectivity index (χ2v) is 14.2. The van der Waals surface area contributed by atoms with Gasteiger partial charge in [0.25, 0.3) is 11.8 Å². The summed E-state index contributed by atoms with van der Waals surface area (Å²) in [6, 6.07) is 24.9. The molecule has 54 heavy (non-hydrogen) atoms. The summed E-state index contributed by atoms with van der Waals surface area (Å²) in [7, 11) is 2.87. The number of hydrogen-bond donors (Lipinski definition) is 3. The smallest absolute Gasteiger partial charge is 0.335 e. The van der Waals surface area contributed by atoms with Crippen LogP contribution in [-0.2, 0) is 24.6 Å². The molecule has 0 spiro atoms. The predicted octanol–water partition coefficient (Wildman–Crippen LogP) is 5.61. The molecule has 2 aliphatic carbocycles. The summed E-state index contributed by atoms with van der Waals surface area (Å²) in [6.45, 7) is 1.93. The molecule has 2 heterocycles. The van der Waals surface area contributed by atoms with Crippen LogP contribution in [-0.4, -0.2) is 59.0 Å². The molecule has 2 aliphatic heterocycles. The van der Waals surface area contributed by atoms with Crippen LogP contribution in [0.5, 0.6) is 17.2 Å². The zero-order valence-corrected chi connectivity index (χ0v) is 29.7. The summed E-state index contributed by atoms with van der Waals surface area (Å²) in [5, 5.41) is 21.5. The number of hydrogen-bond acceptors (Lipinski definition) is 9. The number of carbonyl (C=O) groups excluding carboxylic acids is 4. The topological polar surface area (TPSA) is 163 Å². The minimum atomic E-state index is -1.59. The van der Waals surface area contributed by atoms with Gasteiger partial charge >= 0.3 is 5.97 Å². The first-order valence-corrected chi connectivity index (χ1v) is 17.6. The lowest BCUT2D eigenvalue weighted by Gasteiger charge is -2.51. The number of nitrogens with zero attached hydrogens (tertiary/aromatic N) is 2. The fraction of sp³-hybridized carbons (Fsp3) is 0.262. The van der Waals surface area contributed by atoms with Crippen molar-refractivity contribution in [3.63, 3.8) is 0 Å². The first-order chi connectivity index (χ1) is 26.0.